The monoisotopic (exact) mass is 406 g/mol. The topological polar surface area (TPSA) is 75.3 Å². The second kappa shape index (κ2) is 8.54. The van der Waals surface area contributed by atoms with Crippen molar-refractivity contribution in [3.05, 3.63) is 46.7 Å². The largest absolute Gasteiger partial charge is 0.326 e. The Morgan fingerprint density at radius 3 is 2.41 bits per heavy atom. The van der Waals surface area contributed by atoms with Gasteiger partial charge in [0.15, 0.2) is 0 Å². The maximum atomic E-state index is 12.8. The van der Waals surface area contributed by atoms with Crippen molar-refractivity contribution in [1.82, 2.24) is 4.72 Å². The van der Waals surface area contributed by atoms with Crippen LogP contribution in [-0.4, -0.2) is 20.9 Å². The van der Waals surface area contributed by atoms with Crippen molar-refractivity contribution in [2.45, 2.75) is 55.8 Å². The molecule has 1 fully saturated rings. The van der Waals surface area contributed by atoms with Gasteiger partial charge in [0.2, 0.25) is 15.9 Å². The Hall–Kier alpha value is -1.70. The molecular weight excluding hydrogens is 380 g/mol. The van der Waals surface area contributed by atoms with Crippen LogP contribution in [0.4, 0.5) is 5.69 Å². The summed E-state index contributed by atoms with van der Waals surface area (Å²) in [6.07, 6.45) is 5.88. The number of carbonyl (C=O) groups is 1. The normalized spacial score (nSPS) is 16.8. The van der Waals surface area contributed by atoms with Crippen LogP contribution in [0.2, 0.25) is 0 Å². The maximum absolute atomic E-state index is 12.8. The van der Waals surface area contributed by atoms with Crippen LogP contribution < -0.4 is 10.0 Å². The Kier molecular flexibility index (Phi) is 6.34. The summed E-state index contributed by atoms with van der Waals surface area (Å²) in [5.41, 5.74) is 0.497. The fraction of sp³-hybridized carbons (Fsp3) is 0.450. The van der Waals surface area contributed by atoms with E-state index in [1.54, 1.807) is 30.4 Å². The van der Waals surface area contributed by atoms with Crippen LogP contribution in [0.25, 0.3) is 0 Å². The molecule has 1 aromatic heterocycles. The maximum Gasteiger partial charge on any atom is 0.240 e. The van der Waals surface area contributed by atoms with Crippen LogP contribution in [0.1, 0.15) is 50.3 Å². The van der Waals surface area contributed by atoms with E-state index in [0.717, 1.165) is 25.7 Å². The molecule has 2 N–H and O–H groups in total. The lowest BCUT2D eigenvalue weighted by Gasteiger charge is -2.36. The number of sulfonamides is 1. The van der Waals surface area contributed by atoms with Crippen molar-refractivity contribution < 1.29 is 13.2 Å². The first-order valence-electron chi connectivity index (χ1n) is 9.39. The molecule has 27 heavy (non-hydrogen) atoms. The molecule has 0 atom stereocenters. The minimum Gasteiger partial charge on any atom is -0.326 e. The van der Waals surface area contributed by atoms with Gasteiger partial charge in [0.25, 0.3) is 0 Å². The molecule has 1 heterocycles. The number of benzene rings is 1. The third-order valence-corrected chi connectivity index (χ3v) is 7.76. The smallest absolute Gasteiger partial charge is 0.240 e. The molecular formula is C20H26N2O3S2. The molecule has 0 radical (unpaired) electrons. The standard InChI is InChI=1S/C20H26N2O3S2/c1-2-19(23)22-16-8-10-17(11-9-16)27(24,25)21-15-20(12-4-3-5-13-20)18-7-6-14-26-18/h6-11,14,21H,2-5,12-13,15H2,1H3,(H,22,23). The molecule has 0 saturated heterocycles. The zero-order valence-electron chi connectivity index (χ0n) is 15.5. The summed E-state index contributed by atoms with van der Waals surface area (Å²) in [5, 5.41) is 4.78. The lowest BCUT2D eigenvalue weighted by atomic mass is 9.73. The Bertz CT molecular complexity index is 853. The molecule has 7 heteroatoms. The van der Waals surface area contributed by atoms with Gasteiger partial charge < -0.3 is 5.32 Å². The van der Waals surface area contributed by atoms with E-state index in [1.165, 1.54) is 23.4 Å². The fourth-order valence-electron chi connectivity index (χ4n) is 3.60. The van der Waals surface area contributed by atoms with Crippen molar-refractivity contribution in [3.8, 4) is 0 Å². The molecule has 0 aliphatic heterocycles. The van der Waals surface area contributed by atoms with Crippen molar-refractivity contribution >= 4 is 33.0 Å². The minimum atomic E-state index is -3.60. The van der Waals surface area contributed by atoms with Crippen molar-refractivity contribution in [2.75, 3.05) is 11.9 Å². The van der Waals surface area contributed by atoms with Crippen LogP contribution >= 0.6 is 11.3 Å². The van der Waals surface area contributed by atoms with Gasteiger partial charge in [-0.15, -0.1) is 11.3 Å². The van der Waals surface area contributed by atoms with Gasteiger partial charge in [-0.2, -0.15) is 0 Å². The van der Waals surface area contributed by atoms with E-state index in [0.29, 0.717) is 18.7 Å². The second-order valence-corrected chi connectivity index (χ2v) is 9.78. The van der Waals surface area contributed by atoms with Gasteiger partial charge in [0.1, 0.15) is 0 Å². The highest BCUT2D eigenvalue weighted by molar-refractivity contribution is 7.89. The summed E-state index contributed by atoms with van der Waals surface area (Å²) < 4.78 is 28.4. The molecule has 3 rings (SSSR count). The Morgan fingerprint density at radius 1 is 1.11 bits per heavy atom. The number of amides is 1. The van der Waals surface area contributed by atoms with E-state index in [1.807, 2.05) is 6.07 Å². The van der Waals surface area contributed by atoms with Gasteiger partial charge >= 0.3 is 0 Å². The Morgan fingerprint density at radius 2 is 1.81 bits per heavy atom. The molecule has 2 aromatic rings. The first kappa shape index (κ1) is 20.0. The van der Waals surface area contributed by atoms with E-state index in [2.05, 4.69) is 21.5 Å². The lowest BCUT2D eigenvalue weighted by Crippen LogP contribution is -2.41. The molecule has 0 unspecified atom stereocenters. The summed E-state index contributed by atoms with van der Waals surface area (Å²) in [4.78, 5) is 12.9. The van der Waals surface area contributed by atoms with Crippen LogP contribution in [0.15, 0.2) is 46.7 Å². The van der Waals surface area contributed by atoms with Crippen LogP contribution in [0.5, 0.6) is 0 Å². The van der Waals surface area contributed by atoms with E-state index in [-0.39, 0.29) is 16.2 Å². The second-order valence-electron chi connectivity index (χ2n) is 7.07. The lowest BCUT2D eigenvalue weighted by molar-refractivity contribution is -0.115. The molecule has 0 bridgehead atoms. The molecule has 5 nitrogen and oxygen atoms in total. The summed E-state index contributed by atoms with van der Waals surface area (Å²) in [5.74, 6) is -0.0982. The third-order valence-electron chi connectivity index (χ3n) is 5.22. The van der Waals surface area contributed by atoms with Gasteiger partial charge in [-0.3, -0.25) is 4.79 Å². The van der Waals surface area contributed by atoms with E-state index in [9.17, 15) is 13.2 Å². The predicted octanol–water partition coefficient (Wildman–Crippen LogP) is 4.28. The molecule has 1 aliphatic rings. The van der Waals surface area contributed by atoms with E-state index in [4.69, 9.17) is 0 Å². The molecule has 1 amide bonds. The summed E-state index contributed by atoms with van der Waals surface area (Å²) in [6, 6.07) is 10.5. The zero-order valence-corrected chi connectivity index (χ0v) is 17.2. The number of hydrogen-bond acceptors (Lipinski definition) is 4. The highest BCUT2D eigenvalue weighted by Crippen LogP contribution is 2.41. The SMILES string of the molecule is CCC(=O)Nc1ccc(S(=O)(=O)NCC2(c3cccs3)CCCCC2)cc1. The summed E-state index contributed by atoms with van der Waals surface area (Å²) in [7, 11) is -3.60. The quantitative estimate of drug-likeness (QED) is 0.721. The zero-order chi connectivity index (χ0) is 19.3. The molecule has 1 saturated carbocycles. The number of hydrogen-bond donors (Lipinski definition) is 2. The van der Waals surface area contributed by atoms with Gasteiger partial charge in [0, 0.05) is 28.9 Å². The first-order valence-corrected chi connectivity index (χ1v) is 11.7. The number of thiophene rings is 1. The number of carbonyl (C=O) groups excluding carboxylic acids is 1. The average Bonchev–Trinajstić information content (AvgIpc) is 3.23. The molecule has 146 valence electrons. The average molecular weight is 407 g/mol. The highest BCUT2D eigenvalue weighted by Gasteiger charge is 2.36. The number of rotatable bonds is 7. The summed E-state index contributed by atoms with van der Waals surface area (Å²) >= 11 is 1.71. The molecule has 0 spiro atoms. The van der Waals surface area contributed by atoms with Crippen LogP contribution in [0.3, 0.4) is 0 Å². The number of nitrogens with one attached hydrogen (secondary N) is 2. The Labute approximate surface area is 165 Å². The first-order chi connectivity index (χ1) is 13.0. The molecule has 1 aliphatic carbocycles. The third kappa shape index (κ3) is 4.78. The van der Waals surface area contributed by atoms with Crippen molar-refractivity contribution in [1.29, 1.82) is 0 Å². The van der Waals surface area contributed by atoms with E-state index < -0.39 is 10.0 Å². The minimum absolute atomic E-state index is 0.0982. The van der Waals surface area contributed by atoms with Crippen molar-refractivity contribution in [2.24, 2.45) is 0 Å². The summed E-state index contributed by atoms with van der Waals surface area (Å²) in [6.45, 7) is 2.19. The number of anilines is 1. The van der Waals surface area contributed by atoms with Gasteiger partial charge in [0.05, 0.1) is 4.90 Å². The highest BCUT2D eigenvalue weighted by atomic mass is 32.2. The van der Waals surface area contributed by atoms with Gasteiger partial charge in [-0.1, -0.05) is 32.3 Å². The van der Waals surface area contributed by atoms with Crippen LogP contribution in [-0.2, 0) is 20.2 Å². The van der Waals surface area contributed by atoms with Crippen molar-refractivity contribution in [3.63, 3.8) is 0 Å². The van der Waals surface area contributed by atoms with Gasteiger partial charge in [-0.05, 0) is 48.6 Å². The fourth-order valence-corrected chi connectivity index (χ4v) is 5.72. The Balaban J connectivity index is 1.72. The predicted molar refractivity (Wildman–Crippen MR) is 110 cm³/mol. The molecule has 1 aromatic carbocycles. The van der Waals surface area contributed by atoms with Gasteiger partial charge in [-0.25, -0.2) is 13.1 Å². The van der Waals surface area contributed by atoms with Crippen LogP contribution in [0, 0.1) is 0 Å². The van der Waals surface area contributed by atoms with E-state index >= 15 is 0 Å².